The lowest BCUT2D eigenvalue weighted by molar-refractivity contribution is -0.0779. The van der Waals surface area contributed by atoms with E-state index in [0.717, 1.165) is 32.1 Å². The lowest BCUT2D eigenvalue weighted by Gasteiger charge is -2.22. The van der Waals surface area contributed by atoms with Crippen LogP contribution in [0, 0.1) is 0 Å². The Morgan fingerprint density at radius 2 is 1.32 bits per heavy atom. The van der Waals surface area contributed by atoms with Gasteiger partial charge < -0.3 is 14.9 Å². The van der Waals surface area contributed by atoms with Gasteiger partial charge >= 0.3 is 0 Å². The SMILES string of the molecule is C=CCC[C@H](O)[C@H]1CC[C@H]([C@H](O)CCCCCCCCCCCC)O1. The Hall–Kier alpha value is -0.380. The molecule has 1 aliphatic rings. The second-order valence-corrected chi connectivity index (χ2v) is 7.76. The van der Waals surface area contributed by atoms with Gasteiger partial charge in [-0.15, -0.1) is 6.58 Å². The molecule has 4 atom stereocenters. The molecule has 0 spiro atoms. The molecule has 0 aliphatic carbocycles. The van der Waals surface area contributed by atoms with Crippen molar-refractivity contribution in [1.82, 2.24) is 0 Å². The summed E-state index contributed by atoms with van der Waals surface area (Å²) in [6.07, 6.45) is 18.1. The van der Waals surface area contributed by atoms with E-state index in [9.17, 15) is 10.2 Å². The van der Waals surface area contributed by atoms with E-state index in [0.29, 0.717) is 6.42 Å². The van der Waals surface area contributed by atoms with Gasteiger partial charge in [0.05, 0.1) is 24.4 Å². The Morgan fingerprint density at radius 3 is 1.84 bits per heavy atom. The Labute approximate surface area is 155 Å². The van der Waals surface area contributed by atoms with E-state index in [2.05, 4.69) is 13.5 Å². The van der Waals surface area contributed by atoms with Gasteiger partial charge in [-0.1, -0.05) is 77.2 Å². The van der Waals surface area contributed by atoms with Crippen molar-refractivity contribution in [3.05, 3.63) is 12.7 Å². The van der Waals surface area contributed by atoms with Crippen molar-refractivity contribution in [3.8, 4) is 0 Å². The Morgan fingerprint density at radius 1 is 0.840 bits per heavy atom. The summed E-state index contributed by atoms with van der Waals surface area (Å²) in [5, 5.41) is 20.4. The minimum atomic E-state index is -0.424. The van der Waals surface area contributed by atoms with E-state index in [4.69, 9.17) is 4.74 Å². The normalized spacial score (nSPS) is 22.8. The average Bonchev–Trinajstić information content (AvgIpc) is 3.11. The van der Waals surface area contributed by atoms with E-state index >= 15 is 0 Å². The maximum Gasteiger partial charge on any atom is 0.0840 e. The van der Waals surface area contributed by atoms with Crippen molar-refractivity contribution in [3.63, 3.8) is 0 Å². The van der Waals surface area contributed by atoms with Crippen LogP contribution >= 0.6 is 0 Å². The summed E-state index contributed by atoms with van der Waals surface area (Å²) < 4.78 is 5.89. The summed E-state index contributed by atoms with van der Waals surface area (Å²) in [5.41, 5.74) is 0. The molecule has 0 saturated carbocycles. The molecule has 3 nitrogen and oxygen atoms in total. The van der Waals surface area contributed by atoms with Crippen molar-refractivity contribution >= 4 is 0 Å². The number of unbranched alkanes of at least 4 members (excludes halogenated alkanes) is 9. The molecule has 0 aromatic carbocycles. The minimum Gasteiger partial charge on any atom is -0.390 e. The van der Waals surface area contributed by atoms with Crippen LogP contribution < -0.4 is 0 Å². The Balaban J connectivity index is 1.98. The van der Waals surface area contributed by atoms with Crippen molar-refractivity contribution in [1.29, 1.82) is 0 Å². The average molecular weight is 355 g/mol. The first-order chi connectivity index (χ1) is 12.2. The fraction of sp³-hybridized carbons (Fsp3) is 0.909. The molecular formula is C22H42O3. The lowest BCUT2D eigenvalue weighted by Crippen LogP contribution is -2.30. The highest BCUT2D eigenvalue weighted by atomic mass is 16.5. The fourth-order valence-electron chi connectivity index (χ4n) is 3.76. The molecule has 0 amide bonds. The number of allylic oxidation sites excluding steroid dienone is 1. The molecule has 1 rings (SSSR count). The number of rotatable bonds is 16. The lowest BCUT2D eigenvalue weighted by atomic mass is 10.0. The van der Waals surface area contributed by atoms with Gasteiger partial charge in [-0.3, -0.25) is 0 Å². The topological polar surface area (TPSA) is 49.7 Å². The molecule has 148 valence electrons. The molecular weight excluding hydrogens is 312 g/mol. The molecule has 1 saturated heterocycles. The summed E-state index contributed by atoms with van der Waals surface area (Å²) in [4.78, 5) is 0. The van der Waals surface area contributed by atoms with Crippen LogP contribution in [0.2, 0.25) is 0 Å². The Kier molecular flexibility index (Phi) is 13.4. The number of hydrogen-bond acceptors (Lipinski definition) is 3. The van der Waals surface area contributed by atoms with Crippen LogP contribution in [-0.2, 0) is 4.74 Å². The van der Waals surface area contributed by atoms with Crippen LogP contribution in [0.15, 0.2) is 12.7 Å². The van der Waals surface area contributed by atoms with Crippen LogP contribution in [-0.4, -0.2) is 34.6 Å². The monoisotopic (exact) mass is 354 g/mol. The van der Waals surface area contributed by atoms with Gasteiger partial charge in [0.1, 0.15) is 0 Å². The van der Waals surface area contributed by atoms with E-state index < -0.39 is 6.10 Å². The molecule has 0 aromatic heterocycles. The standard InChI is InChI=1S/C22H42O3/c1-3-5-7-8-9-10-11-12-13-14-16-20(24)22-18-17-21(25-22)19(23)15-6-4-2/h4,19-24H,2-3,5-18H2,1H3/t19-,20+,21+,22+/m0/s1. The van der Waals surface area contributed by atoms with E-state index in [-0.39, 0.29) is 18.3 Å². The summed E-state index contributed by atoms with van der Waals surface area (Å²) >= 11 is 0. The maximum atomic E-state index is 10.3. The third-order valence-electron chi connectivity index (χ3n) is 5.46. The van der Waals surface area contributed by atoms with Gasteiger partial charge in [-0.2, -0.15) is 0 Å². The van der Waals surface area contributed by atoms with Crippen LogP contribution in [0.5, 0.6) is 0 Å². The molecule has 0 aromatic rings. The van der Waals surface area contributed by atoms with Gasteiger partial charge in [0.15, 0.2) is 0 Å². The van der Waals surface area contributed by atoms with Gasteiger partial charge in [-0.25, -0.2) is 0 Å². The van der Waals surface area contributed by atoms with E-state index in [1.54, 1.807) is 0 Å². The highest BCUT2D eigenvalue weighted by molar-refractivity contribution is 4.84. The highest BCUT2D eigenvalue weighted by Gasteiger charge is 2.33. The molecule has 0 radical (unpaired) electrons. The first-order valence-corrected chi connectivity index (χ1v) is 10.8. The largest absolute Gasteiger partial charge is 0.390 e. The van der Waals surface area contributed by atoms with Crippen molar-refractivity contribution < 1.29 is 14.9 Å². The molecule has 0 unspecified atom stereocenters. The van der Waals surface area contributed by atoms with Crippen LogP contribution in [0.1, 0.15) is 103 Å². The number of aliphatic hydroxyl groups is 2. The zero-order chi connectivity index (χ0) is 18.3. The van der Waals surface area contributed by atoms with Gasteiger partial charge in [-0.05, 0) is 32.1 Å². The predicted molar refractivity (Wildman–Crippen MR) is 106 cm³/mol. The fourth-order valence-corrected chi connectivity index (χ4v) is 3.76. The summed E-state index contributed by atoms with van der Waals surface area (Å²) in [6.45, 7) is 5.95. The molecule has 25 heavy (non-hydrogen) atoms. The van der Waals surface area contributed by atoms with Gasteiger partial charge in [0, 0.05) is 0 Å². The van der Waals surface area contributed by atoms with Crippen LogP contribution in [0.25, 0.3) is 0 Å². The van der Waals surface area contributed by atoms with Gasteiger partial charge in [0.2, 0.25) is 0 Å². The molecule has 2 N–H and O–H groups in total. The second kappa shape index (κ2) is 14.8. The first-order valence-electron chi connectivity index (χ1n) is 10.8. The van der Waals surface area contributed by atoms with E-state index in [1.165, 1.54) is 57.8 Å². The van der Waals surface area contributed by atoms with E-state index in [1.807, 2.05) is 6.08 Å². The van der Waals surface area contributed by atoms with Gasteiger partial charge in [0.25, 0.3) is 0 Å². The van der Waals surface area contributed by atoms with Crippen LogP contribution in [0.4, 0.5) is 0 Å². The number of aliphatic hydroxyl groups excluding tert-OH is 2. The third-order valence-corrected chi connectivity index (χ3v) is 5.46. The Bertz CT molecular complexity index is 318. The summed E-state index contributed by atoms with van der Waals surface area (Å²) in [5.74, 6) is 0. The minimum absolute atomic E-state index is 0.0815. The second-order valence-electron chi connectivity index (χ2n) is 7.76. The predicted octanol–water partition coefficient (Wildman–Crippen LogP) is 5.53. The molecule has 3 heteroatoms. The number of hydrogen-bond donors (Lipinski definition) is 2. The zero-order valence-corrected chi connectivity index (χ0v) is 16.5. The zero-order valence-electron chi connectivity index (χ0n) is 16.5. The van der Waals surface area contributed by atoms with Crippen molar-refractivity contribution in [2.45, 2.75) is 128 Å². The molecule has 1 heterocycles. The van der Waals surface area contributed by atoms with Crippen LogP contribution in [0.3, 0.4) is 0 Å². The highest BCUT2D eigenvalue weighted by Crippen LogP contribution is 2.28. The number of ether oxygens (including phenoxy) is 1. The summed E-state index contributed by atoms with van der Waals surface area (Å²) in [6, 6.07) is 0. The van der Waals surface area contributed by atoms with Crippen molar-refractivity contribution in [2.75, 3.05) is 0 Å². The third kappa shape index (κ3) is 10.4. The first kappa shape index (κ1) is 22.7. The molecule has 1 fully saturated rings. The summed E-state index contributed by atoms with van der Waals surface area (Å²) in [7, 11) is 0. The smallest absolute Gasteiger partial charge is 0.0840 e. The quantitative estimate of drug-likeness (QED) is 0.283. The van der Waals surface area contributed by atoms with Crippen molar-refractivity contribution in [2.24, 2.45) is 0 Å². The molecule has 1 aliphatic heterocycles. The molecule has 0 bridgehead atoms. The maximum absolute atomic E-state index is 10.3.